The Morgan fingerprint density at radius 1 is 1.38 bits per heavy atom. The van der Waals surface area contributed by atoms with Gasteiger partial charge in [0.15, 0.2) is 0 Å². The Bertz CT molecular complexity index is 462. The second kappa shape index (κ2) is 6.98. The predicted octanol–water partition coefficient (Wildman–Crippen LogP) is 2.59. The molecule has 1 aromatic rings. The standard InChI is InChI=1S/C16H28N4O/c1-11(2)20-8-7-13(10-20)9-18-15-6-5-14(17)16(19-15)21-12(3)4/h5-6,11-13H,7-10,17H2,1-4H3,(H,18,19). The number of rotatable bonds is 6. The van der Waals surface area contributed by atoms with E-state index >= 15 is 0 Å². The lowest BCUT2D eigenvalue weighted by molar-refractivity contribution is 0.234. The molecule has 1 aliphatic rings. The van der Waals surface area contributed by atoms with E-state index in [1.165, 1.54) is 13.0 Å². The smallest absolute Gasteiger partial charge is 0.239 e. The third-order valence-electron chi connectivity index (χ3n) is 3.86. The summed E-state index contributed by atoms with van der Waals surface area (Å²) in [5.41, 5.74) is 6.47. The summed E-state index contributed by atoms with van der Waals surface area (Å²) >= 11 is 0. The van der Waals surface area contributed by atoms with Gasteiger partial charge in [0, 0.05) is 19.1 Å². The number of nitrogens with two attached hydrogens (primary N) is 1. The van der Waals surface area contributed by atoms with E-state index in [1.54, 1.807) is 0 Å². The van der Waals surface area contributed by atoms with Gasteiger partial charge in [-0.1, -0.05) is 0 Å². The molecular weight excluding hydrogens is 264 g/mol. The molecule has 1 atom stereocenters. The van der Waals surface area contributed by atoms with Crippen molar-refractivity contribution in [3.8, 4) is 5.88 Å². The maximum atomic E-state index is 5.89. The van der Waals surface area contributed by atoms with Gasteiger partial charge in [0.1, 0.15) is 5.82 Å². The summed E-state index contributed by atoms with van der Waals surface area (Å²) in [7, 11) is 0. The van der Waals surface area contributed by atoms with E-state index in [-0.39, 0.29) is 6.10 Å². The molecule has 2 rings (SSSR count). The molecule has 1 aliphatic heterocycles. The lowest BCUT2D eigenvalue weighted by atomic mass is 10.1. The van der Waals surface area contributed by atoms with Crippen molar-refractivity contribution in [3.63, 3.8) is 0 Å². The van der Waals surface area contributed by atoms with Crippen molar-refractivity contribution in [1.82, 2.24) is 9.88 Å². The SMILES string of the molecule is CC(C)Oc1nc(NCC2CCN(C(C)C)C2)ccc1N. The minimum absolute atomic E-state index is 0.0736. The monoisotopic (exact) mass is 292 g/mol. The molecule has 1 saturated heterocycles. The molecule has 2 heterocycles. The van der Waals surface area contributed by atoms with Gasteiger partial charge in [-0.15, -0.1) is 0 Å². The van der Waals surface area contributed by atoms with E-state index in [4.69, 9.17) is 10.5 Å². The van der Waals surface area contributed by atoms with Gasteiger partial charge in [-0.25, -0.2) is 0 Å². The molecule has 21 heavy (non-hydrogen) atoms. The number of nitrogens with zero attached hydrogens (tertiary/aromatic N) is 2. The van der Waals surface area contributed by atoms with Crippen molar-refractivity contribution in [2.24, 2.45) is 5.92 Å². The van der Waals surface area contributed by atoms with Gasteiger partial charge in [0.05, 0.1) is 11.8 Å². The molecule has 0 spiro atoms. The van der Waals surface area contributed by atoms with Crippen LogP contribution in [0, 0.1) is 5.92 Å². The van der Waals surface area contributed by atoms with Gasteiger partial charge in [-0.3, -0.25) is 0 Å². The number of hydrogen-bond donors (Lipinski definition) is 2. The fourth-order valence-corrected chi connectivity index (χ4v) is 2.61. The Balaban J connectivity index is 1.89. The fourth-order valence-electron chi connectivity index (χ4n) is 2.61. The number of pyridine rings is 1. The van der Waals surface area contributed by atoms with Crippen molar-refractivity contribution in [1.29, 1.82) is 0 Å². The first-order chi connectivity index (χ1) is 9.95. The summed E-state index contributed by atoms with van der Waals surface area (Å²) in [6, 6.07) is 4.40. The Labute approximate surface area is 127 Å². The van der Waals surface area contributed by atoms with Gasteiger partial charge < -0.3 is 20.7 Å². The summed E-state index contributed by atoms with van der Waals surface area (Å²) in [5, 5.41) is 3.41. The highest BCUT2D eigenvalue weighted by Crippen LogP contribution is 2.23. The molecule has 0 aromatic carbocycles. The van der Waals surface area contributed by atoms with E-state index in [0.29, 0.717) is 23.5 Å². The van der Waals surface area contributed by atoms with Crippen LogP contribution in [0.4, 0.5) is 11.5 Å². The number of hydrogen-bond acceptors (Lipinski definition) is 5. The second-order valence-electron chi connectivity index (χ2n) is 6.38. The summed E-state index contributed by atoms with van der Waals surface area (Å²) in [6.07, 6.45) is 1.32. The zero-order valence-electron chi connectivity index (χ0n) is 13.6. The van der Waals surface area contributed by atoms with Crippen molar-refractivity contribution in [3.05, 3.63) is 12.1 Å². The Morgan fingerprint density at radius 2 is 2.14 bits per heavy atom. The number of likely N-dealkylation sites (tertiary alicyclic amines) is 1. The largest absolute Gasteiger partial charge is 0.473 e. The Morgan fingerprint density at radius 3 is 2.76 bits per heavy atom. The highest BCUT2D eigenvalue weighted by Gasteiger charge is 2.23. The van der Waals surface area contributed by atoms with Crippen LogP contribution in [0.1, 0.15) is 34.1 Å². The quantitative estimate of drug-likeness (QED) is 0.844. The highest BCUT2D eigenvalue weighted by atomic mass is 16.5. The average Bonchev–Trinajstić information content (AvgIpc) is 2.88. The van der Waals surface area contributed by atoms with Crippen LogP contribution in [-0.4, -0.2) is 41.7 Å². The number of anilines is 2. The maximum Gasteiger partial charge on any atom is 0.239 e. The average molecular weight is 292 g/mol. The molecule has 1 fully saturated rings. The molecular formula is C16H28N4O. The first-order valence-corrected chi connectivity index (χ1v) is 7.86. The van der Waals surface area contributed by atoms with Gasteiger partial charge >= 0.3 is 0 Å². The zero-order chi connectivity index (χ0) is 15.4. The first kappa shape index (κ1) is 15.9. The zero-order valence-corrected chi connectivity index (χ0v) is 13.6. The number of nitrogens with one attached hydrogen (secondary N) is 1. The molecule has 118 valence electrons. The topological polar surface area (TPSA) is 63.4 Å². The highest BCUT2D eigenvalue weighted by molar-refractivity contribution is 5.53. The van der Waals surface area contributed by atoms with Crippen LogP contribution >= 0.6 is 0 Å². The lowest BCUT2D eigenvalue weighted by Crippen LogP contribution is -2.29. The van der Waals surface area contributed by atoms with Crippen LogP contribution in [0.15, 0.2) is 12.1 Å². The first-order valence-electron chi connectivity index (χ1n) is 7.86. The molecule has 0 bridgehead atoms. The van der Waals surface area contributed by atoms with E-state index in [2.05, 4.69) is 29.0 Å². The molecule has 0 saturated carbocycles. The normalized spacial score (nSPS) is 19.4. The summed E-state index contributed by atoms with van der Waals surface area (Å²) in [6.45, 7) is 11.8. The number of aromatic nitrogens is 1. The van der Waals surface area contributed by atoms with Gasteiger partial charge in [-0.05, 0) is 58.7 Å². The molecule has 1 aromatic heterocycles. The van der Waals surface area contributed by atoms with Crippen molar-refractivity contribution in [2.75, 3.05) is 30.7 Å². The summed E-state index contributed by atoms with van der Waals surface area (Å²) < 4.78 is 5.62. The van der Waals surface area contributed by atoms with E-state index < -0.39 is 0 Å². The van der Waals surface area contributed by atoms with E-state index in [0.717, 1.165) is 18.9 Å². The minimum Gasteiger partial charge on any atom is -0.473 e. The van der Waals surface area contributed by atoms with Gasteiger partial charge in [0.25, 0.3) is 0 Å². The van der Waals surface area contributed by atoms with Crippen LogP contribution in [0.2, 0.25) is 0 Å². The molecule has 3 N–H and O–H groups in total. The molecule has 0 radical (unpaired) electrons. The van der Waals surface area contributed by atoms with Crippen LogP contribution < -0.4 is 15.8 Å². The maximum absolute atomic E-state index is 5.89. The molecule has 5 nitrogen and oxygen atoms in total. The fraction of sp³-hybridized carbons (Fsp3) is 0.688. The van der Waals surface area contributed by atoms with E-state index in [9.17, 15) is 0 Å². The van der Waals surface area contributed by atoms with Crippen LogP contribution in [0.25, 0.3) is 0 Å². The minimum atomic E-state index is 0.0736. The van der Waals surface area contributed by atoms with Crippen molar-refractivity contribution < 1.29 is 4.74 Å². The van der Waals surface area contributed by atoms with Crippen LogP contribution in [0.3, 0.4) is 0 Å². The van der Waals surface area contributed by atoms with Gasteiger partial charge in [0.2, 0.25) is 5.88 Å². The van der Waals surface area contributed by atoms with E-state index in [1.807, 2.05) is 26.0 Å². The molecule has 5 heteroatoms. The molecule has 0 amide bonds. The number of nitrogen functional groups attached to an aromatic ring is 1. The Hall–Kier alpha value is -1.49. The van der Waals surface area contributed by atoms with Crippen molar-refractivity contribution >= 4 is 11.5 Å². The molecule has 1 unspecified atom stereocenters. The summed E-state index contributed by atoms with van der Waals surface area (Å²) in [5.74, 6) is 2.04. The second-order valence-corrected chi connectivity index (χ2v) is 6.38. The summed E-state index contributed by atoms with van der Waals surface area (Å²) in [4.78, 5) is 6.98. The molecule has 0 aliphatic carbocycles. The third-order valence-corrected chi connectivity index (χ3v) is 3.86. The van der Waals surface area contributed by atoms with Crippen molar-refractivity contribution in [2.45, 2.75) is 46.3 Å². The third kappa shape index (κ3) is 4.49. The Kier molecular flexibility index (Phi) is 5.28. The predicted molar refractivity (Wildman–Crippen MR) is 87.7 cm³/mol. The van der Waals surface area contributed by atoms with Crippen LogP contribution in [-0.2, 0) is 0 Å². The lowest BCUT2D eigenvalue weighted by Gasteiger charge is -2.20. The van der Waals surface area contributed by atoms with Crippen LogP contribution in [0.5, 0.6) is 5.88 Å². The van der Waals surface area contributed by atoms with Gasteiger partial charge in [-0.2, -0.15) is 4.98 Å². The number of ether oxygens (including phenoxy) is 1.